The maximum absolute atomic E-state index is 12.1. The molecule has 0 heterocycles. The minimum Gasteiger partial charge on any atom is -0.406 e. The molecule has 0 saturated heterocycles. The molecule has 1 aliphatic carbocycles. The number of carbonyl (C=O) groups is 1. The van der Waals surface area contributed by atoms with Gasteiger partial charge in [-0.3, -0.25) is 4.79 Å². The molecule has 7 heteroatoms. The van der Waals surface area contributed by atoms with Crippen molar-refractivity contribution in [1.82, 2.24) is 5.32 Å². The molecular formula is C17H22F3NO2S. The Hall–Kier alpha value is -1.37. The van der Waals surface area contributed by atoms with Crippen LogP contribution in [0.2, 0.25) is 0 Å². The molecule has 2 rings (SSSR count). The van der Waals surface area contributed by atoms with Crippen molar-refractivity contribution in [3.63, 3.8) is 0 Å². The number of amides is 1. The van der Waals surface area contributed by atoms with Crippen molar-refractivity contribution in [3.8, 4) is 5.75 Å². The lowest BCUT2D eigenvalue weighted by Crippen LogP contribution is -2.38. The first kappa shape index (κ1) is 19.0. The lowest BCUT2D eigenvalue weighted by atomic mass is 9.87. The Bertz CT molecular complexity index is 526. The van der Waals surface area contributed by atoms with Crippen molar-refractivity contribution < 1.29 is 22.7 Å². The van der Waals surface area contributed by atoms with Gasteiger partial charge < -0.3 is 10.1 Å². The number of halogens is 3. The number of hydrogen-bond acceptors (Lipinski definition) is 3. The highest BCUT2D eigenvalue weighted by atomic mass is 32.2. The molecule has 1 amide bonds. The van der Waals surface area contributed by atoms with Gasteiger partial charge in [-0.2, -0.15) is 0 Å². The zero-order valence-electron chi connectivity index (χ0n) is 13.6. The van der Waals surface area contributed by atoms with Crippen molar-refractivity contribution in [1.29, 1.82) is 0 Å². The zero-order valence-corrected chi connectivity index (χ0v) is 14.4. The average molecular weight is 361 g/mol. The molecule has 0 unspecified atom stereocenters. The molecule has 1 fully saturated rings. The molecule has 0 atom stereocenters. The highest BCUT2D eigenvalue weighted by Crippen LogP contribution is 2.25. The molecule has 24 heavy (non-hydrogen) atoms. The van der Waals surface area contributed by atoms with Gasteiger partial charge in [-0.1, -0.05) is 19.1 Å². The smallest absolute Gasteiger partial charge is 0.406 e. The fourth-order valence-corrected chi connectivity index (χ4v) is 3.52. The van der Waals surface area contributed by atoms with E-state index < -0.39 is 6.36 Å². The number of alkyl halides is 3. The van der Waals surface area contributed by atoms with Crippen molar-refractivity contribution in [2.24, 2.45) is 5.92 Å². The topological polar surface area (TPSA) is 38.3 Å². The van der Waals surface area contributed by atoms with Crippen LogP contribution in [0.4, 0.5) is 13.2 Å². The standard InChI is InChI=1S/C17H22F3NO2S/c1-12-2-6-14(7-3-12)21-16(22)11-24-10-13-4-8-15(9-5-13)23-17(18,19)20/h4-5,8-9,12,14H,2-3,6-7,10-11H2,1H3,(H,21,22). The number of thioether (sulfide) groups is 1. The Balaban J connectivity index is 1.67. The van der Waals surface area contributed by atoms with Crippen LogP contribution in [0.1, 0.15) is 38.2 Å². The minimum absolute atomic E-state index is 0.0246. The van der Waals surface area contributed by atoms with E-state index >= 15 is 0 Å². The number of hydrogen-bond donors (Lipinski definition) is 1. The second-order valence-electron chi connectivity index (χ2n) is 6.21. The van der Waals surface area contributed by atoms with E-state index in [0.29, 0.717) is 11.5 Å². The Morgan fingerprint density at radius 3 is 2.42 bits per heavy atom. The monoisotopic (exact) mass is 361 g/mol. The van der Waals surface area contributed by atoms with Crippen LogP contribution in [0.5, 0.6) is 5.75 Å². The van der Waals surface area contributed by atoms with Gasteiger partial charge in [0.05, 0.1) is 5.75 Å². The summed E-state index contributed by atoms with van der Waals surface area (Å²) in [5.74, 6) is 1.46. The lowest BCUT2D eigenvalue weighted by molar-refractivity contribution is -0.274. The summed E-state index contributed by atoms with van der Waals surface area (Å²) >= 11 is 1.45. The van der Waals surface area contributed by atoms with E-state index in [4.69, 9.17) is 0 Å². The number of rotatable bonds is 6. The van der Waals surface area contributed by atoms with E-state index in [1.54, 1.807) is 12.1 Å². The first-order valence-electron chi connectivity index (χ1n) is 8.03. The van der Waals surface area contributed by atoms with Gasteiger partial charge in [0.2, 0.25) is 5.91 Å². The molecule has 0 radical (unpaired) electrons. The first-order chi connectivity index (χ1) is 11.3. The Morgan fingerprint density at radius 1 is 1.21 bits per heavy atom. The molecule has 0 aliphatic heterocycles. The average Bonchev–Trinajstić information content (AvgIpc) is 2.50. The molecule has 3 nitrogen and oxygen atoms in total. The van der Waals surface area contributed by atoms with Gasteiger partial charge in [0.25, 0.3) is 0 Å². The van der Waals surface area contributed by atoms with Crippen LogP contribution in [0.15, 0.2) is 24.3 Å². The number of benzene rings is 1. The maximum Gasteiger partial charge on any atom is 0.573 e. The van der Waals surface area contributed by atoms with E-state index in [1.807, 2.05) is 0 Å². The van der Waals surface area contributed by atoms with Crippen molar-refractivity contribution in [3.05, 3.63) is 29.8 Å². The predicted octanol–water partition coefficient (Wildman–Crippen LogP) is 4.51. The third-order valence-electron chi connectivity index (χ3n) is 4.04. The summed E-state index contributed by atoms with van der Waals surface area (Å²) in [7, 11) is 0. The van der Waals surface area contributed by atoms with Crippen LogP contribution in [0.25, 0.3) is 0 Å². The minimum atomic E-state index is -4.68. The van der Waals surface area contributed by atoms with Crippen LogP contribution in [-0.4, -0.2) is 24.1 Å². The van der Waals surface area contributed by atoms with Gasteiger partial charge in [-0.25, -0.2) is 0 Å². The highest BCUT2D eigenvalue weighted by Gasteiger charge is 2.30. The summed E-state index contributed by atoms with van der Waals surface area (Å²) in [5, 5.41) is 3.06. The van der Waals surface area contributed by atoms with Crippen LogP contribution < -0.4 is 10.1 Å². The largest absolute Gasteiger partial charge is 0.573 e. The Kier molecular flexibility index (Phi) is 6.83. The Labute approximate surface area is 144 Å². The van der Waals surface area contributed by atoms with Crippen LogP contribution in [0.3, 0.4) is 0 Å². The summed E-state index contributed by atoms with van der Waals surface area (Å²) in [5.41, 5.74) is 0.855. The lowest BCUT2D eigenvalue weighted by Gasteiger charge is -2.26. The number of nitrogens with one attached hydrogen (secondary N) is 1. The third-order valence-corrected chi connectivity index (χ3v) is 5.04. The molecular weight excluding hydrogens is 339 g/mol. The van der Waals surface area contributed by atoms with Crippen LogP contribution >= 0.6 is 11.8 Å². The molecule has 0 bridgehead atoms. The quantitative estimate of drug-likeness (QED) is 0.810. The van der Waals surface area contributed by atoms with Crippen molar-refractivity contribution in [2.75, 3.05) is 5.75 Å². The third kappa shape index (κ3) is 7.03. The molecule has 134 valence electrons. The van der Waals surface area contributed by atoms with E-state index in [-0.39, 0.29) is 17.7 Å². The maximum atomic E-state index is 12.1. The van der Waals surface area contributed by atoms with E-state index in [1.165, 1.54) is 23.9 Å². The highest BCUT2D eigenvalue weighted by molar-refractivity contribution is 7.99. The zero-order chi connectivity index (χ0) is 17.6. The second-order valence-corrected chi connectivity index (χ2v) is 7.19. The molecule has 1 aromatic carbocycles. The van der Waals surface area contributed by atoms with Gasteiger partial charge in [0.1, 0.15) is 5.75 Å². The molecule has 1 aliphatic rings. The van der Waals surface area contributed by atoms with E-state index in [0.717, 1.165) is 37.2 Å². The van der Waals surface area contributed by atoms with Crippen molar-refractivity contribution in [2.45, 2.75) is 50.8 Å². The Morgan fingerprint density at radius 2 is 1.83 bits per heavy atom. The van der Waals surface area contributed by atoms with Gasteiger partial charge in [-0.15, -0.1) is 24.9 Å². The molecule has 0 aromatic heterocycles. The summed E-state index contributed by atoms with van der Waals surface area (Å²) in [6.07, 6.45) is -0.281. The first-order valence-corrected chi connectivity index (χ1v) is 9.19. The fourth-order valence-electron chi connectivity index (χ4n) is 2.72. The number of carbonyl (C=O) groups excluding carboxylic acids is 1. The van der Waals surface area contributed by atoms with Crippen LogP contribution in [-0.2, 0) is 10.5 Å². The van der Waals surface area contributed by atoms with Crippen LogP contribution in [0, 0.1) is 5.92 Å². The van der Waals surface area contributed by atoms with Gasteiger partial charge in [0.15, 0.2) is 0 Å². The molecule has 1 N–H and O–H groups in total. The fraction of sp³-hybridized carbons (Fsp3) is 0.588. The van der Waals surface area contributed by atoms with E-state index in [9.17, 15) is 18.0 Å². The second kappa shape index (κ2) is 8.65. The van der Waals surface area contributed by atoms with Gasteiger partial charge in [-0.05, 0) is 49.3 Å². The van der Waals surface area contributed by atoms with E-state index in [2.05, 4.69) is 17.0 Å². The SMILES string of the molecule is CC1CCC(NC(=O)CSCc2ccc(OC(F)(F)F)cc2)CC1. The van der Waals surface area contributed by atoms with Gasteiger partial charge >= 0.3 is 6.36 Å². The normalized spacial score (nSPS) is 21.3. The molecule has 1 saturated carbocycles. The summed E-state index contributed by atoms with van der Waals surface area (Å²) in [6.45, 7) is 2.24. The molecule has 0 spiro atoms. The summed E-state index contributed by atoms with van der Waals surface area (Å²) in [4.78, 5) is 11.9. The van der Waals surface area contributed by atoms with Gasteiger partial charge in [0, 0.05) is 11.8 Å². The summed E-state index contributed by atoms with van der Waals surface area (Å²) < 4.78 is 40.0. The predicted molar refractivity (Wildman–Crippen MR) is 88.8 cm³/mol. The summed E-state index contributed by atoms with van der Waals surface area (Å²) in [6, 6.07) is 6.01. The number of ether oxygens (including phenoxy) is 1. The van der Waals surface area contributed by atoms with Crippen molar-refractivity contribution >= 4 is 17.7 Å². The molecule has 1 aromatic rings.